The smallest absolute Gasteiger partial charge is 0.459 e. The molecule has 0 amide bonds. The molecule has 0 aliphatic heterocycles. The number of rotatable bonds is 11. The number of carbonyl (C=O) groups is 1. The molecule has 0 bridgehead atoms. The predicted octanol–water partition coefficient (Wildman–Crippen LogP) is 1.38. The second-order valence-electron chi connectivity index (χ2n) is 3.59. The maximum absolute atomic E-state index is 12.9. The Labute approximate surface area is 116 Å². The van der Waals surface area contributed by atoms with Gasteiger partial charge in [-0.2, -0.15) is 8.78 Å². The van der Waals surface area contributed by atoms with Crippen LogP contribution in [0.15, 0.2) is 0 Å². The molecule has 0 aliphatic rings. The second kappa shape index (κ2) is 9.29. The van der Waals surface area contributed by atoms with Crippen molar-refractivity contribution in [2.24, 2.45) is 0 Å². The molecular formula is C10H19F3O6Si. The van der Waals surface area contributed by atoms with E-state index in [0.717, 1.165) is 0 Å². The summed E-state index contributed by atoms with van der Waals surface area (Å²) in [6, 6.07) is 0.292. The van der Waals surface area contributed by atoms with E-state index in [1.54, 1.807) is 0 Å². The number of esters is 1. The van der Waals surface area contributed by atoms with E-state index in [4.69, 9.17) is 13.3 Å². The summed E-state index contributed by atoms with van der Waals surface area (Å²) in [5, 5.41) is 0. The number of halogens is 3. The minimum atomic E-state index is -4.15. The summed E-state index contributed by atoms with van der Waals surface area (Å²) in [5.41, 5.74) is 0. The third-order valence-corrected chi connectivity index (χ3v) is 5.22. The lowest BCUT2D eigenvalue weighted by atomic mass is 10.5. The first kappa shape index (κ1) is 19.3. The number of ether oxygens (including phenoxy) is 2. The van der Waals surface area contributed by atoms with Crippen LogP contribution >= 0.6 is 0 Å². The van der Waals surface area contributed by atoms with Gasteiger partial charge in [-0.1, -0.05) is 0 Å². The Morgan fingerprint density at radius 2 is 1.65 bits per heavy atom. The molecule has 0 aromatic rings. The van der Waals surface area contributed by atoms with Gasteiger partial charge in [0.25, 0.3) is 0 Å². The van der Waals surface area contributed by atoms with Crippen LogP contribution in [0.3, 0.4) is 0 Å². The normalized spacial score (nSPS) is 12.5. The molecule has 0 N–H and O–H groups in total. The Hall–Kier alpha value is -0.683. The third-order valence-electron chi connectivity index (χ3n) is 2.39. The van der Waals surface area contributed by atoms with Crippen LogP contribution < -0.4 is 0 Å². The van der Waals surface area contributed by atoms with Gasteiger partial charge in [-0.15, -0.1) is 0 Å². The highest BCUT2D eigenvalue weighted by atomic mass is 28.4. The summed E-state index contributed by atoms with van der Waals surface area (Å²) in [6.45, 7) is -2.28. The van der Waals surface area contributed by atoms with Crippen LogP contribution in [0, 0.1) is 0 Å². The number of hydrogen-bond acceptors (Lipinski definition) is 6. The zero-order chi connectivity index (χ0) is 15.6. The van der Waals surface area contributed by atoms with Crippen molar-refractivity contribution in [3.05, 3.63) is 0 Å². The van der Waals surface area contributed by atoms with Crippen molar-refractivity contribution >= 4 is 14.8 Å². The molecule has 0 aromatic carbocycles. The van der Waals surface area contributed by atoms with E-state index in [9.17, 15) is 18.0 Å². The molecule has 0 spiro atoms. The van der Waals surface area contributed by atoms with Crippen molar-refractivity contribution in [3.63, 3.8) is 0 Å². The van der Waals surface area contributed by atoms with Crippen LogP contribution in [0.25, 0.3) is 0 Å². The van der Waals surface area contributed by atoms with E-state index in [1.807, 2.05) is 0 Å². The Morgan fingerprint density at radius 3 is 2.10 bits per heavy atom. The lowest BCUT2D eigenvalue weighted by molar-refractivity contribution is -0.250. The largest absolute Gasteiger partial charge is 0.500 e. The molecule has 0 unspecified atom stereocenters. The highest BCUT2D eigenvalue weighted by molar-refractivity contribution is 6.60. The SMILES string of the molecule is CO[Si](CCCOC(=O)C(F)(F)OCCF)(OC)OC. The van der Waals surface area contributed by atoms with Crippen molar-refractivity contribution in [1.29, 1.82) is 0 Å². The summed E-state index contributed by atoms with van der Waals surface area (Å²) < 4.78 is 61.0. The minimum Gasteiger partial charge on any atom is -0.459 e. The Balaban J connectivity index is 4.08. The van der Waals surface area contributed by atoms with Crippen molar-refractivity contribution < 1.29 is 40.7 Å². The van der Waals surface area contributed by atoms with Crippen LogP contribution in [0.1, 0.15) is 6.42 Å². The van der Waals surface area contributed by atoms with Crippen molar-refractivity contribution in [3.8, 4) is 0 Å². The van der Waals surface area contributed by atoms with E-state index in [2.05, 4.69) is 9.47 Å². The van der Waals surface area contributed by atoms with Gasteiger partial charge < -0.3 is 22.8 Å². The van der Waals surface area contributed by atoms with Crippen molar-refractivity contribution in [1.82, 2.24) is 0 Å². The zero-order valence-electron chi connectivity index (χ0n) is 11.6. The fourth-order valence-electron chi connectivity index (χ4n) is 1.32. The maximum atomic E-state index is 12.9. The van der Waals surface area contributed by atoms with Crippen LogP contribution in [0.5, 0.6) is 0 Å². The molecule has 0 aromatic heterocycles. The van der Waals surface area contributed by atoms with Gasteiger partial charge in [0, 0.05) is 27.4 Å². The van der Waals surface area contributed by atoms with Crippen molar-refractivity contribution in [2.75, 3.05) is 41.2 Å². The van der Waals surface area contributed by atoms with Gasteiger partial charge in [0.1, 0.15) is 6.67 Å². The molecule has 0 saturated heterocycles. The second-order valence-corrected chi connectivity index (χ2v) is 6.68. The summed E-state index contributed by atoms with van der Waals surface area (Å²) in [4.78, 5) is 11.0. The molecule has 6 nitrogen and oxygen atoms in total. The quantitative estimate of drug-likeness (QED) is 0.325. The summed E-state index contributed by atoms with van der Waals surface area (Å²) in [5.74, 6) is -1.86. The molecule has 0 atom stereocenters. The lowest BCUT2D eigenvalue weighted by Crippen LogP contribution is -2.43. The first-order valence-electron chi connectivity index (χ1n) is 5.78. The number of carbonyl (C=O) groups excluding carboxylic acids is 1. The van der Waals surface area contributed by atoms with E-state index in [0.29, 0.717) is 6.04 Å². The molecule has 0 rings (SSSR count). The van der Waals surface area contributed by atoms with Gasteiger partial charge in [0.2, 0.25) is 0 Å². The molecule has 0 fully saturated rings. The fourth-order valence-corrected chi connectivity index (χ4v) is 3.01. The number of alkyl halides is 3. The van der Waals surface area contributed by atoms with E-state index in [1.165, 1.54) is 21.3 Å². The number of hydrogen-bond donors (Lipinski definition) is 0. The Kier molecular flexibility index (Phi) is 8.97. The summed E-state index contributed by atoms with van der Waals surface area (Å²) >= 11 is 0. The first-order chi connectivity index (χ1) is 9.37. The van der Waals surface area contributed by atoms with Gasteiger partial charge in [0.05, 0.1) is 13.2 Å². The fraction of sp³-hybridized carbons (Fsp3) is 0.900. The molecule has 20 heavy (non-hydrogen) atoms. The topological polar surface area (TPSA) is 63.2 Å². The van der Waals surface area contributed by atoms with E-state index in [-0.39, 0.29) is 13.0 Å². The molecule has 0 radical (unpaired) electrons. The van der Waals surface area contributed by atoms with E-state index < -0.39 is 34.2 Å². The van der Waals surface area contributed by atoms with E-state index >= 15 is 0 Å². The van der Waals surface area contributed by atoms with Crippen LogP contribution in [-0.2, 0) is 27.5 Å². The van der Waals surface area contributed by atoms with Crippen LogP contribution in [0.2, 0.25) is 6.04 Å². The molecule has 0 heterocycles. The average molecular weight is 320 g/mol. The molecule has 0 saturated carbocycles. The zero-order valence-corrected chi connectivity index (χ0v) is 12.6. The lowest BCUT2D eigenvalue weighted by Gasteiger charge is -2.24. The Bertz CT molecular complexity index is 280. The minimum absolute atomic E-state index is 0.215. The highest BCUT2D eigenvalue weighted by Gasteiger charge is 2.43. The van der Waals surface area contributed by atoms with Gasteiger partial charge in [-0.3, -0.25) is 0 Å². The summed E-state index contributed by atoms with van der Waals surface area (Å²) in [7, 11) is 1.40. The summed E-state index contributed by atoms with van der Waals surface area (Å²) in [6.07, 6.45) is -3.93. The van der Waals surface area contributed by atoms with Gasteiger partial charge in [-0.05, 0) is 6.42 Å². The van der Waals surface area contributed by atoms with Crippen LogP contribution in [-0.4, -0.2) is 62.1 Å². The monoisotopic (exact) mass is 320 g/mol. The standard InChI is InChI=1S/C10H19F3O6Si/c1-15-20(16-2,17-3)8-4-6-18-9(14)10(12,13)19-7-5-11/h4-8H2,1-3H3. The molecule has 120 valence electrons. The van der Waals surface area contributed by atoms with Gasteiger partial charge in [-0.25, -0.2) is 9.18 Å². The Morgan fingerprint density at radius 1 is 1.10 bits per heavy atom. The van der Waals surface area contributed by atoms with Crippen molar-refractivity contribution in [2.45, 2.75) is 18.6 Å². The molecule has 10 heteroatoms. The van der Waals surface area contributed by atoms with Gasteiger partial charge in [0.15, 0.2) is 0 Å². The van der Waals surface area contributed by atoms with Crippen LogP contribution in [0.4, 0.5) is 13.2 Å². The highest BCUT2D eigenvalue weighted by Crippen LogP contribution is 2.19. The first-order valence-corrected chi connectivity index (χ1v) is 7.71. The predicted molar refractivity (Wildman–Crippen MR) is 64.0 cm³/mol. The maximum Gasteiger partial charge on any atom is 0.500 e. The molecular weight excluding hydrogens is 301 g/mol. The third kappa shape index (κ3) is 6.18. The average Bonchev–Trinajstić information content (AvgIpc) is 2.46. The van der Waals surface area contributed by atoms with Gasteiger partial charge >= 0.3 is 20.9 Å². The molecule has 0 aliphatic carbocycles.